The van der Waals surface area contributed by atoms with Gasteiger partial charge in [-0.2, -0.15) is 11.8 Å². The van der Waals surface area contributed by atoms with Gasteiger partial charge in [0.05, 0.1) is 12.5 Å². The molecule has 0 saturated carbocycles. The molecule has 5 unspecified atom stereocenters. The molecule has 1 rings (SSSR count). The van der Waals surface area contributed by atoms with Gasteiger partial charge in [0.1, 0.15) is 18.1 Å². The Morgan fingerprint density at radius 3 is 2.38 bits per heavy atom. The topological polar surface area (TPSA) is 185 Å². The maximum Gasteiger partial charge on any atom is 0.326 e. The van der Waals surface area contributed by atoms with Crippen LogP contribution in [0.25, 0.3) is 0 Å². The number of hydrogen-bond acceptors (Lipinski definition) is 7. The molecule has 32 heavy (non-hydrogen) atoms. The fourth-order valence-corrected chi connectivity index (χ4v) is 3.91. The monoisotopic (exact) mass is 473 g/mol. The average molecular weight is 474 g/mol. The number of carboxylic acids is 1. The first-order chi connectivity index (χ1) is 15.0. The Kier molecular flexibility index (Phi) is 11.5. The maximum atomic E-state index is 12.9. The minimum atomic E-state index is -1.35. The van der Waals surface area contributed by atoms with Crippen LogP contribution in [0.2, 0.25) is 0 Å². The molecule has 0 aromatic carbocycles. The van der Waals surface area contributed by atoms with Crippen LogP contribution in [-0.4, -0.2) is 82.3 Å². The summed E-state index contributed by atoms with van der Waals surface area (Å²) in [7, 11) is 0. The van der Waals surface area contributed by atoms with Crippen LogP contribution >= 0.6 is 11.8 Å². The van der Waals surface area contributed by atoms with Gasteiger partial charge in [-0.05, 0) is 37.2 Å². The van der Waals surface area contributed by atoms with E-state index in [1.54, 1.807) is 6.26 Å². The van der Waals surface area contributed by atoms with Gasteiger partial charge in [0, 0.05) is 6.54 Å². The standard InChI is InChI=1S/C20H35N5O6S/c1-4-11(2)16(22)19(29)25-8-5-6-14(25)18(28)24-13(10-15(21)26)17(27)23-12(20(30)31)7-9-32-3/h11-14,16H,4-10,22H2,1-3H3,(H2,21,26)(H,23,27)(H,24,28)(H,30,31). The van der Waals surface area contributed by atoms with Gasteiger partial charge in [-0.1, -0.05) is 20.3 Å². The Morgan fingerprint density at radius 1 is 1.19 bits per heavy atom. The van der Waals surface area contributed by atoms with Crippen molar-refractivity contribution >= 4 is 41.4 Å². The summed E-state index contributed by atoms with van der Waals surface area (Å²) in [6, 6.07) is -4.09. The third-order valence-corrected chi connectivity index (χ3v) is 6.29. The highest BCUT2D eigenvalue weighted by atomic mass is 32.2. The normalized spacial score (nSPS) is 19.5. The molecule has 4 amide bonds. The van der Waals surface area contributed by atoms with E-state index in [0.717, 1.165) is 0 Å². The Morgan fingerprint density at radius 2 is 1.84 bits per heavy atom. The van der Waals surface area contributed by atoms with Crippen LogP contribution in [0.4, 0.5) is 0 Å². The number of rotatable bonds is 13. The molecule has 0 bridgehead atoms. The van der Waals surface area contributed by atoms with Gasteiger partial charge in [-0.3, -0.25) is 19.2 Å². The molecule has 1 heterocycles. The zero-order valence-corrected chi connectivity index (χ0v) is 19.7. The summed E-state index contributed by atoms with van der Waals surface area (Å²) in [4.78, 5) is 62.6. The van der Waals surface area contributed by atoms with Gasteiger partial charge in [-0.15, -0.1) is 0 Å². The van der Waals surface area contributed by atoms with Crippen molar-refractivity contribution in [2.45, 2.75) is 70.1 Å². The first-order valence-electron chi connectivity index (χ1n) is 10.7. The minimum absolute atomic E-state index is 0.0607. The Hall–Kier alpha value is -2.34. The maximum absolute atomic E-state index is 12.9. The second kappa shape index (κ2) is 13.3. The van der Waals surface area contributed by atoms with Crippen LogP contribution in [0.5, 0.6) is 0 Å². The van der Waals surface area contributed by atoms with Crippen molar-refractivity contribution in [2.24, 2.45) is 17.4 Å². The lowest BCUT2D eigenvalue weighted by Gasteiger charge is -2.30. The third-order valence-electron chi connectivity index (χ3n) is 5.64. The highest BCUT2D eigenvalue weighted by Crippen LogP contribution is 2.21. The van der Waals surface area contributed by atoms with Crippen molar-refractivity contribution < 1.29 is 29.1 Å². The van der Waals surface area contributed by atoms with Gasteiger partial charge in [0.25, 0.3) is 0 Å². The molecule has 1 fully saturated rings. The molecular weight excluding hydrogens is 438 g/mol. The van der Waals surface area contributed by atoms with Crippen LogP contribution in [0.1, 0.15) is 46.0 Å². The van der Waals surface area contributed by atoms with Crippen LogP contribution in [0, 0.1) is 5.92 Å². The van der Waals surface area contributed by atoms with Crippen molar-refractivity contribution in [3.05, 3.63) is 0 Å². The van der Waals surface area contributed by atoms with Crippen molar-refractivity contribution in [3.8, 4) is 0 Å². The van der Waals surface area contributed by atoms with Crippen LogP contribution in [0.3, 0.4) is 0 Å². The molecule has 5 atom stereocenters. The summed E-state index contributed by atoms with van der Waals surface area (Å²) in [5, 5.41) is 14.1. The average Bonchev–Trinajstić information content (AvgIpc) is 3.23. The SMILES string of the molecule is CCC(C)C(N)C(=O)N1CCCC1C(=O)NC(CC(N)=O)C(=O)NC(CCSC)C(=O)O. The van der Waals surface area contributed by atoms with E-state index in [1.807, 2.05) is 13.8 Å². The molecule has 11 nitrogen and oxygen atoms in total. The molecule has 0 aromatic rings. The number of likely N-dealkylation sites (tertiary alicyclic amines) is 1. The lowest BCUT2D eigenvalue weighted by molar-refractivity contribution is -0.143. The molecule has 1 aliphatic heterocycles. The number of carbonyl (C=O) groups excluding carboxylic acids is 4. The summed E-state index contributed by atoms with van der Waals surface area (Å²) < 4.78 is 0. The summed E-state index contributed by atoms with van der Waals surface area (Å²) in [5.41, 5.74) is 11.3. The second-order valence-corrected chi connectivity index (χ2v) is 9.00. The zero-order valence-electron chi connectivity index (χ0n) is 18.8. The van der Waals surface area contributed by atoms with Crippen molar-refractivity contribution in [3.63, 3.8) is 0 Å². The van der Waals surface area contributed by atoms with Gasteiger partial charge in [0.2, 0.25) is 23.6 Å². The molecule has 0 radical (unpaired) electrons. The number of primary amides is 1. The molecule has 7 N–H and O–H groups in total. The fraction of sp³-hybridized carbons (Fsp3) is 0.750. The van der Waals surface area contributed by atoms with E-state index in [9.17, 15) is 29.1 Å². The molecule has 0 aromatic heterocycles. The minimum Gasteiger partial charge on any atom is -0.480 e. The quantitative estimate of drug-likeness (QED) is 0.226. The molecule has 1 aliphatic rings. The van der Waals surface area contributed by atoms with Crippen LogP contribution in [-0.2, 0) is 24.0 Å². The highest BCUT2D eigenvalue weighted by Gasteiger charge is 2.39. The first kappa shape index (κ1) is 27.7. The molecule has 1 saturated heterocycles. The fourth-order valence-electron chi connectivity index (χ4n) is 3.44. The van der Waals surface area contributed by atoms with Gasteiger partial charge >= 0.3 is 5.97 Å². The van der Waals surface area contributed by atoms with E-state index in [1.165, 1.54) is 16.7 Å². The molecule has 12 heteroatoms. The van der Waals surface area contributed by atoms with E-state index in [0.29, 0.717) is 31.6 Å². The van der Waals surface area contributed by atoms with E-state index < -0.39 is 54.3 Å². The third kappa shape index (κ3) is 7.97. The molecule has 0 aliphatic carbocycles. The number of carbonyl (C=O) groups is 5. The van der Waals surface area contributed by atoms with E-state index in [2.05, 4.69) is 10.6 Å². The summed E-state index contributed by atoms with van der Waals surface area (Å²) >= 11 is 1.42. The molecule has 0 spiro atoms. The summed E-state index contributed by atoms with van der Waals surface area (Å²) in [6.45, 7) is 4.14. The van der Waals surface area contributed by atoms with Gasteiger partial charge in [-0.25, -0.2) is 4.79 Å². The van der Waals surface area contributed by atoms with Gasteiger partial charge in [0.15, 0.2) is 0 Å². The summed E-state index contributed by atoms with van der Waals surface area (Å²) in [5.74, 6) is -3.38. The number of aliphatic carboxylic acids is 1. The number of carboxylic acid groups (broad SMARTS) is 1. The first-order valence-corrected chi connectivity index (χ1v) is 12.1. The Bertz CT molecular complexity index is 706. The molecule has 182 valence electrons. The number of thioether (sulfide) groups is 1. The van der Waals surface area contributed by atoms with Crippen molar-refractivity contribution in [2.75, 3.05) is 18.6 Å². The summed E-state index contributed by atoms with van der Waals surface area (Å²) in [6.07, 6.45) is 3.18. The predicted molar refractivity (Wildman–Crippen MR) is 120 cm³/mol. The van der Waals surface area contributed by atoms with E-state index in [4.69, 9.17) is 11.5 Å². The van der Waals surface area contributed by atoms with Crippen LogP contribution in [0.15, 0.2) is 0 Å². The zero-order chi connectivity index (χ0) is 24.4. The molecular formula is C20H35N5O6S. The van der Waals surface area contributed by atoms with E-state index in [-0.39, 0.29) is 18.2 Å². The largest absolute Gasteiger partial charge is 0.480 e. The number of amides is 4. The highest BCUT2D eigenvalue weighted by molar-refractivity contribution is 7.98. The van der Waals surface area contributed by atoms with Crippen molar-refractivity contribution in [1.82, 2.24) is 15.5 Å². The van der Waals surface area contributed by atoms with Crippen molar-refractivity contribution in [1.29, 1.82) is 0 Å². The number of nitrogens with zero attached hydrogens (tertiary/aromatic N) is 1. The van der Waals surface area contributed by atoms with Crippen LogP contribution < -0.4 is 22.1 Å². The van der Waals surface area contributed by atoms with E-state index >= 15 is 0 Å². The Balaban J connectivity index is 2.92. The lowest BCUT2D eigenvalue weighted by Crippen LogP contribution is -2.57. The Labute approximate surface area is 192 Å². The van der Waals surface area contributed by atoms with Gasteiger partial charge < -0.3 is 32.1 Å². The number of nitrogens with one attached hydrogen (secondary N) is 2. The smallest absolute Gasteiger partial charge is 0.326 e. The predicted octanol–water partition coefficient (Wildman–Crippen LogP) is -0.966. The number of hydrogen-bond donors (Lipinski definition) is 5. The lowest BCUT2D eigenvalue weighted by atomic mass is 9.98. The number of nitrogens with two attached hydrogens (primary N) is 2. The second-order valence-electron chi connectivity index (χ2n) is 8.01.